The number of carboxylic acid groups (broad SMARTS) is 1. The van der Waals surface area contributed by atoms with Crippen LogP contribution < -0.4 is 0 Å². The lowest BCUT2D eigenvalue weighted by Gasteiger charge is -2.30. The number of hydrogen-bond donors (Lipinski definition) is 1. The molecule has 164 valence electrons. The van der Waals surface area contributed by atoms with Crippen LogP contribution in [0.1, 0.15) is 49.9 Å². The number of thiophene rings is 1. The topological polar surface area (TPSA) is 75.4 Å². The second kappa shape index (κ2) is 8.63. The van der Waals surface area contributed by atoms with E-state index in [9.17, 15) is 9.59 Å². The zero-order chi connectivity index (χ0) is 22.2. The van der Waals surface area contributed by atoms with E-state index in [4.69, 9.17) is 16.7 Å². The molecular weight excluding hydrogens is 434 g/mol. The first-order chi connectivity index (χ1) is 14.7. The number of carbonyl (C=O) groups excluding carboxylic acids is 1. The second-order valence-corrected chi connectivity index (χ2v) is 10.5. The second-order valence-electron chi connectivity index (χ2n) is 8.95. The van der Waals surface area contributed by atoms with E-state index in [2.05, 4.69) is 21.0 Å². The van der Waals surface area contributed by atoms with Gasteiger partial charge in [0.2, 0.25) is 5.91 Å². The highest BCUT2D eigenvalue weighted by molar-refractivity contribution is 7.14. The molecule has 0 aromatic carbocycles. The predicted molar refractivity (Wildman–Crippen MR) is 123 cm³/mol. The molecular formula is C23H26ClN3O3S. The molecule has 0 saturated heterocycles. The Labute approximate surface area is 190 Å². The van der Waals surface area contributed by atoms with Crippen molar-refractivity contribution in [2.75, 3.05) is 6.54 Å². The molecule has 0 fully saturated rings. The summed E-state index contributed by atoms with van der Waals surface area (Å²) in [6, 6.07) is 6.03. The van der Waals surface area contributed by atoms with Crippen LogP contribution in [0.4, 0.5) is 0 Å². The Hall–Kier alpha value is -2.38. The maximum absolute atomic E-state index is 13.0. The van der Waals surface area contributed by atoms with Gasteiger partial charge in [0.05, 0.1) is 23.8 Å². The molecule has 3 aromatic rings. The molecule has 0 atom stereocenters. The predicted octanol–water partition coefficient (Wildman–Crippen LogP) is 4.97. The molecule has 0 saturated carbocycles. The first-order valence-corrected chi connectivity index (χ1v) is 11.7. The fourth-order valence-corrected chi connectivity index (χ4v) is 5.26. The molecule has 6 nitrogen and oxygen atoms in total. The number of aromatic nitrogens is 2. The minimum Gasteiger partial charge on any atom is -0.481 e. The largest absolute Gasteiger partial charge is 0.481 e. The number of pyridine rings is 1. The van der Waals surface area contributed by atoms with Gasteiger partial charge in [-0.3, -0.25) is 9.59 Å². The van der Waals surface area contributed by atoms with Crippen LogP contribution in [0.5, 0.6) is 0 Å². The Balaban J connectivity index is 1.56. The summed E-state index contributed by atoms with van der Waals surface area (Å²) in [6.07, 6.45) is 3.57. The molecule has 0 unspecified atom stereocenters. The van der Waals surface area contributed by atoms with Gasteiger partial charge in [0, 0.05) is 30.2 Å². The molecule has 4 heterocycles. The molecule has 0 spiro atoms. The summed E-state index contributed by atoms with van der Waals surface area (Å²) in [5.41, 5.74) is 4.05. The van der Waals surface area contributed by atoms with Gasteiger partial charge in [0.1, 0.15) is 5.65 Å². The summed E-state index contributed by atoms with van der Waals surface area (Å²) in [7, 11) is 0. The van der Waals surface area contributed by atoms with Crippen molar-refractivity contribution >= 4 is 45.8 Å². The third kappa shape index (κ3) is 4.77. The van der Waals surface area contributed by atoms with Gasteiger partial charge in [-0.2, -0.15) is 0 Å². The zero-order valence-electron chi connectivity index (χ0n) is 17.7. The third-order valence-corrected chi connectivity index (χ3v) is 7.11. The molecule has 8 heteroatoms. The molecule has 31 heavy (non-hydrogen) atoms. The summed E-state index contributed by atoms with van der Waals surface area (Å²) in [4.78, 5) is 30.6. The highest BCUT2D eigenvalue weighted by Crippen LogP contribution is 2.33. The van der Waals surface area contributed by atoms with E-state index in [1.54, 1.807) is 6.20 Å². The van der Waals surface area contributed by atoms with Gasteiger partial charge in [0.15, 0.2) is 0 Å². The SMILES string of the molecule is CC(C)(CCC(=O)N1CCc2c(n(Cc3csc(Cl)c3)c3ncccc23)C1)CC(=O)O. The Morgan fingerprint density at radius 1 is 1.35 bits per heavy atom. The number of halogens is 1. The van der Waals surface area contributed by atoms with Crippen molar-refractivity contribution in [1.82, 2.24) is 14.5 Å². The number of amides is 1. The van der Waals surface area contributed by atoms with Crippen molar-refractivity contribution < 1.29 is 14.7 Å². The quantitative estimate of drug-likeness (QED) is 0.541. The Kier molecular flexibility index (Phi) is 6.08. The fraction of sp³-hybridized carbons (Fsp3) is 0.435. The summed E-state index contributed by atoms with van der Waals surface area (Å²) in [5.74, 6) is -0.752. The van der Waals surface area contributed by atoms with Crippen LogP contribution in [-0.4, -0.2) is 38.0 Å². The monoisotopic (exact) mass is 459 g/mol. The number of fused-ring (bicyclic) bond motifs is 3. The van der Waals surface area contributed by atoms with Gasteiger partial charge in [0.25, 0.3) is 0 Å². The zero-order valence-corrected chi connectivity index (χ0v) is 19.3. The van der Waals surface area contributed by atoms with Gasteiger partial charge in [-0.1, -0.05) is 25.4 Å². The fourth-order valence-electron chi connectivity index (χ4n) is 4.36. The normalized spacial score (nSPS) is 14.1. The average Bonchev–Trinajstić information content (AvgIpc) is 3.27. The van der Waals surface area contributed by atoms with Crippen LogP contribution in [0.15, 0.2) is 29.8 Å². The van der Waals surface area contributed by atoms with E-state index >= 15 is 0 Å². The van der Waals surface area contributed by atoms with Gasteiger partial charge < -0.3 is 14.6 Å². The number of rotatable bonds is 7. The number of carboxylic acids is 1. The molecule has 1 amide bonds. The first-order valence-electron chi connectivity index (χ1n) is 10.4. The van der Waals surface area contributed by atoms with Crippen molar-refractivity contribution in [3.05, 3.63) is 50.9 Å². The van der Waals surface area contributed by atoms with Crippen molar-refractivity contribution in [2.24, 2.45) is 5.41 Å². The molecule has 0 aliphatic carbocycles. The van der Waals surface area contributed by atoms with E-state index in [0.717, 1.165) is 33.0 Å². The molecule has 1 N–H and O–H groups in total. The lowest BCUT2D eigenvalue weighted by molar-refractivity contribution is -0.140. The van der Waals surface area contributed by atoms with Crippen LogP contribution in [-0.2, 0) is 29.1 Å². The Morgan fingerprint density at radius 2 is 2.16 bits per heavy atom. The van der Waals surface area contributed by atoms with E-state index < -0.39 is 11.4 Å². The molecule has 1 aliphatic rings. The van der Waals surface area contributed by atoms with Gasteiger partial charge in [-0.05, 0) is 53.0 Å². The standard InChI is InChI=1S/C23H26ClN3O3S/c1-23(2,11-21(29)30)7-5-20(28)26-9-6-16-17-4-3-8-25-22(17)27(18(16)13-26)12-15-10-19(24)31-14-15/h3-4,8,10,14H,5-7,9,11-13H2,1-2H3,(H,29,30). The molecule has 0 bridgehead atoms. The smallest absolute Gasteiger partial charge is 0.303 e. The van der Waals surface area contributed by atoms with Crippen LogP contribution in [0.25, 0.3) is 11.0 Å². The number of nitrogens with zero attached hydrogens (tertiary/aromatic N) is 3. The summed E-state index contributed by atoms with van der Waals surface area (Å²) in [6.45, 7) is 5.68. The Morgan fingerprint density at radius 3 is 2.87 bits per heavy atom. The van der Waals surface area contributed by atoms with Crippen molar-refractivity contribution in [2.45, 2.75) is 52.6 Å². The summed E-state index contributed by atoms with van der Waals surface area (Å²) < 4.78 is 2.96. The highest BCUT2D eigenvalue weighted by Gasteiger charge is 2.29. The van der Waals surface area contributed by atoms with Crippen molar-refractivity contribution in [3.8, 4) is 0 Å². The number of carbonyl (C=O) groups is 2. The number of aliphatic carboxylic acids is 1. The molecule has 0 radical (unpaired) electrons. The van der Waals surface area contributed by atoms with Gasteiger partial charge in [-0.15, -0.1) is 11.3 Å². The van der Waals surface area contributed by atoms with E-state index in [0.29, 0.717) is 32.5 Å². The lowest BCUT2D eigenvalue weighted by Crippen LogP contribution is -2.37. The van der Waals surface area contributed by atoms with Gasteiger partial charge >= 0.3 is 5.97 Å². The van der Waals surface area contributed by atoms with Crippen LogP contribution in [0.2, 0.25) is 4.34 Å². The van der Waals surface area contributed by atoms with E-state index in [1.807, 2.05) is 30.9 Å². The van der Waals surface area contributed by atoms with Crippen molar-refractivity contribution in [1.29, 1.82) is 0 Å². The maximum Gasteiger partial charge on any atom is 0.303 e. The number of hydrogen-bond acceptors (Lipinski definition) is 4. The summed E-state index contributed by atoms with van der Waals surface area (Å²) >= 11 is 7.65. The van der Waals surface area contributed by atoms with E-state index in [1.165, 1.54) is 16.9 Å². The van der Waals surface area contributed by atoms with Gasteiger partial charge in [-0.25, -0.2) is 4.98 Å². The van der Waals surface area contributed by atoms with Crippen LogP contribution in [0, 0.1) is 5.41 Å². The molecule has 3 aromatic heterocycles. The average molecular weight is 460 g/mol. The highest BCUT2D eigenvalue weighted by atomic mass is 35.5. The minimum absolute atomic E-state index is 0.0630. The Bertz CT molecular complexity index is 1130. The van der Waals surface area contributed by atoms with E-state index in [-0.39, 0.29) is 12.3 Å². The maximum atomic E-state index is 13.0. The lowest BCUT2D eigenvalue weighted by atomic mass is 9.84. The minimum atomic E-state index is -0.828. The van der Waals surface area contributed by atoms with Crippen LogP contribution in [0.3, 0.4) is 0 Å². The van der Waals surface area contributed by atoms with Crippen LogP contribution >= 0.6 is 22.9 Å². The van der Waals surface area contributed by atoms with Crippen molar-refractivity contribution in [3.63, 3.8) is 0 Å². The summed E-state index contributed by atoms with van der Waals surface area (Å²) in [5, 5.41) is 12.3. The molecule has 4 rings (SSSR count). The third-order valence-electron chi connectivity index (χ3n) is 5.97. The first kappa shape index (κ1) is 21.8. The molecule has 1 aliphatic heterocycles.